The predicted molar refractivity (Wildman–Crippen MR) is 37.4 cm³/mol. The van der Waals surface area contributed by atoms with Gasteiger partial charge in [-0.05, 0) is 0 Å². The van der Waals surface area contributed by atoms with Gasteiger partial charge in [0.25, 0.3) is 9.24 Å². The molecule has 1 fully saturated rings. The molecule has 1 saturated heterocycles. The van der Waals surface area contributed by atoms with E-state index in [4.69, 9.17) is 15.8 Å². The van der Waals surface area contributed by atoms with Gasteiger partial charge in [0.2, 0.25) is 0 Å². The first-order valence-electron chi connectivity index (χ1n) is 3.05. The summed E-state index contributed by atoms with van der Waals surface area (Å²) in [6.07, 6.45) is -4.83. The van der Waals surface area contributed by atoms with E-state index < -0.39 is 34.1 Å². The quantitative estimate of drug-likeness (QED) is 0.660. The van der Waals surface area contributed by atoms with Crippen LogP contribution < -0.4 is 0 Å². The molecule has 0 aliphatic carbocycles. The molecule has 0 aromatic rings. The van der Waals surface area contributed by atoms with Gasteiger partial charge >= 0.3 is 6.18 Å². The van der Waals surface area contributed by atoms with Gasteiger partial charge in [0.15, 0.2) is 5.60 Å². The summed E-state index contributed by atoms with van der Waals surface area (Å²) >= 11 is 0. The fourth-order valence-corrected chi connectivity index (χ4v) is 1.90. The van der Waals surface area contributed by atoms with Crippen LogP contribution in [0.1, 0.15) is 0 Å². The van der Waals surface area contributed by atoms with E-state index in [0.29, 0.717) is 4.31 Å². The lowest BCUT2D eigenvalue weighted by molar-refractivity contribution is -0.289. The lowest BCUT2D eigenvalue weighted by Crippen LogP contribution is -2.69. The largest absolute Gasteiger partial charge is 0.419 e. The second-order valence-corrected chi connectivity index (χ2v) is 5.25. The van der Waals surface area contributed by atoms with E-state index in [-0.39, 0.29) is 0 Å². The Morgan fingerprint density at radius 2 is 1.77 bits per heavy atom. The molecule has 0 bridgehead atoms. The summed E-state index contributed by atoms with van der Waals surface area (Å²) in [6, 6.07) is 0. The van der Waals surface area contributed by atoms with Crippen LogP contribution in [-0.4, -0.2) is 42.7 Å². The Morgan fingerprint density at radius 3 is 2.00 bits per heavy atom. The maximum Gasteiger partial charge on any atom is 0.419 e. The number of rotatable bonds is 1. The molecule has 0 unspecified atom stereocenters. The van der Waals surface area contributed by atoms with Crippen LogP contribution >= 0.6 is 10.7 Å². The minimum atomic E-state index is -4.83. The third-order valence-corrected chi connectivity index (χ3v) is 3.17. The van der Waals surface area contributed by atoms with Crippen LogP contribution in [0.2, 0.25) is 0 Å². The highest BCUT2D eigenvalue weighted by Crippen LogP contribution is 2.39. The van der Waals surface area contributed by atoms with E-state index in [1.165, 1.54) is 0 Å². The smallest absolute Gasteiger partial charge is 0.378 e. The molecule has 0 aromatic carbocycles. The van der Waals surface area contributed by atoms with Crippen LogP contribution in [0, 0.1) is 0 Å². The Morgan fingerprint density at radius 1 is 1.38 bits per heavy atom. The maximum absolute atomic E-state index is 11.9. The summed E-state index contributed by atoms with van der Waals surface area (Å²) in [5.41, 5.74) is -2.95. The van der Waals surface area contributed by atoms with Gasteiger partial charge in [0, 0.05) is 10.7 Å². The van der Waals surface area contributed by atoms with Crippen molar-refractivity contribution in [3.05, 3.63) is 0 Å². The fourth-order valence-electron chi connectivity index (χ4n) is 0.871. The highest BCUT2D eigenvalue weighted by molar-refractivity contribution is 8.11. The summed E-state index contributed by atoms with van der Waals surface area (Å²) in [7, 11) is 0.580. The zero-order valence-corrected chi connectivity index (χ0v) is 7.62. The molecule has 4 nitrogen and oxygen atoms in total. The normalized spacial score (nSPS) is 24.1. The Bertz CT molecular complexity index is 307. The summed E-state index contributed by atoms with van der Waals surface area (Å²) in [4.78, 5) is 0. The molecule has 9 heteroatoms. The third-order valence-electron chi connectivity index (χ3n) is 1.71. The summed E-state index contributed by atoms with van der Waals surface area (Å²) in [5, 5.41) is 8.79. The van der Waals surface area contributed by atoms with Crippen molar-refractivity contribution in [1.82, 2.24) is 4.31 Å². The molecule has 0 atom stereocenters. The van der Waals surface area contributed by atoms with E-state index in [2.05, 4.69) is 0 Å². The molecule has 13 heavy (non-hydrogen) atoms. The molecule has 0 radical (unpaired) electrons. The Kier molecular flexibility index (Phi) is 2.31. The molecule has 78 valence electrons. The molecule has 1 rings (SSSR count). The van der Waals surface area contributed by atoms with Gasteiger partial charge in [-0.15, -0.1) is 0 Å². The van der Waals surface area contributed by atoms with Crippen molar-refractivity contribution in [3.63, 3.8) is 0 Å². The topological polar surface area (TPSA) is 57.6 Å². The fraction of sp³-hybridized carbons (Fsp3) is 1.00. The molecule has 1 aliphatic heterocycles. The van der Waals surface area contributed by atoms with Gasteiger partial charge in [-0.2, -0.15) is 25.9 Å². The summed E-state index contributed by atoms with van der Waals surface area (Å²) < 4.78 is 57.0. The number of aliphatic hydroxyl groups is 1. The number of hydrogen-bond acceptors (Lipinski definition) is 3. The number of alkyl halides is 3. The van der Waals surface area contributed by atoms with Crippen LogP contribution in [-0.2, 0) is 9.24 Å². The first-order valence-corrected chi connectivity index (χ1v) is 5.32. The van der Waals surface area contributed by atoms with Crippen molar-refractivity contribution in [2.24, 2.45) is 0 Å². The standard InChI is InChI=1S/C4H5ClF3NO3S/c5-13(11,12)9-1-3(10,2-9)4(6,7)8/h10H,1-2H2. The Balaban J connectivity index is 2.69. The van der Waals surface area contributed by atoms with Crippen LogP contribution in [0.5, 0.6) is 0 Å². The number of β-amino-alcohol motifs (C(OH)–C–C–N with tert-alkyl or cyclic N) is 1. The van der Waals surface area contributed by atoms with Gasteiger partial charge < -0.3 is 5.11 Å². The van der Waals surface area contributed by atoms with Gasteiger partial charge in [0.1, 0.15) is 0 Å². The first-order chi connectivity index (χ1) is 5.56. The molecule has 1 heterocycles. The second kappa shape index (κ2) is 2.72. The van der Waals surface area contributed by atoms with Gasteiger partial charge in [-0.3, -0.25) is 0 Å². The Labute approximate surface area is 76.4 Å². The molecule has 0 aromatic heterocycles. The summed E-state index contributed by atoms with van der Waals surface area (Å²) in [5.74, 6) is 0. The lowest BCUT2D eigenvalue weighted by atomic mass is 9.97. The van der Waals surface area contributed by atoms with Crippen LogP contribution in [0.4, 0.5) is 13.2 Å². The second-order valence-electron chi connectivity index (χ2n) is 2.74. The molecule has 0 saturated carbocycles. The number of halogens is 4. The molecule has 0 spiro atoms. The average molecular weight is 240 g/mol. The molecular formula is C4H5ClF3NO3S. The SMILES string of the molecule is O=S(=O)(Cl)N1CC(O)(C(F)(F)F)C1. The lowest BCUT2D eigenvalue weighted by Gasteiger charge is -2.44. The highest BCUT2D eigenvalue weighted by atomic mass is 35.7. The van der Waals surface area contributed by atoms with Crippen LogP contribution in [0.15, 0.2) is 0 Å². The van der Waals surface area contributed by atoms with Crippen molar-refractivity contribution >= 4 is 19.9 Å². The van der Waals surface area contributed by atoms with E-state index in [9.17, 15) is 21.6 Å². The van der Waals surface area contributed by atoms with Crippen LogP contribution in [0.3, 0.4) is 0 Å². The Hall–Kier alpha value is -0.0500. The summed E-state index contributed by atoms with van der Waals surface area (Å²) in [6.45, 7) is -2.08. The highest BCUT2D eigenvalue weighted by Gasteiger charge is 2.63. The first kappa shape index (κ1) is 11.0. The van der Waals surface area contributed by atoms with Gasteiger partial charge in [-0.25, -0.2) is 0 Å². The van der Waals surface area contributed by atoms with Crippen molar-refractivity contribution in [1.29, 1.82) is 0 Å². The zero-order chi connectivity index (χ0) is 10.5. The molecule has 0 amide bonds. The predicted octanol–water partition coefficient (Wildman–Crippen LogP) is 0.0790. The third kappa shape index (κ3) is 1.90. The van der Waals surface area contributed by atoms with Gasteiger partial charge in [-0.1, -0.05) is 0 Å². The van der Waals surface area contributed by atoms with E-state index in [0.717, 1.165) is 0 Å². The van der Waals surface area contributed by atoms with E-state index in [1.54, 1.807) is 0 Å². The molecular weight excluding hydrogens is 235 g/mol. The van der Waals surface area contributed by atoms with E-state index >= 15 is 0 Å². The van der Waals surface area contributed by atoms with Crippen molar-refractivity contribution in [2.75, 3.05) is 13.1 Å². The van der Waals surface area contributed by atoms with Crippen molar-refractivity contribution in [3.8, 4) is 0 Å². The average Bonchev–Trinajstić information content (AvgIpc) is 1.75. The number of hydrogen-bond donors (Lipinski definition) is 1. The molecule has 1 aliphatic rings. The van der Waals surface area contributed by atoms with Crippen molar-refractivity contribution in [2.45, 2.75) is 11.8 Å². The monoisotopic (exact) mass is 239 g/mol. The zero-order valence-electron chi connectivity index (χ0n) is 6.05. The van der Waals surface area contributed by atoms with Gasteiger partial charge in [0.05, 0.1) is 13.1 Å². The van der Waals surface area contributed by atoms with E-state index in [1.807, 2.05) is 0 Å². The number of nitrogens with zero attached hydrogens (tertiary/aromatic N) is 1. The minimum absolute atomic E-state index is 0.335. The van der Waals surface area contributed by atoms with Crippen LogP contribution in [0.25, 0.3) is 0 Å². The van der Waals surface area contributed by atoms with Crippen molar-refractivity contribution < 1.29 is 26.7 Å². The minimum Gasteiger partial charge on any atom is -0.378 e. The maximum atomic E-state index is 11.9. The molecule has 1 N–H and O–H groups in total.